The first-order valence-corrected chi connectivity index (χ1v) is 3.83. The predicted molar refractivity (Wildman–Crippen MR) is 48.9 cm³/mol. The van der Waals surface area contributed by atoms with Crippen LogP contribution in [-0.4, -0.2) is 17.1 Å². The number of fused-ring (bicyclic) bond motifs is 1. The van der Waals surface area contributed by atoms with E-state index in [2.05, 4.69) is 9.97 Å². The smallest absolute Gasteiger partial charge is 0.274 e. The number of aromatic nitrogens is 2. The Labute approximate surface area is 74.2 Å². The highest BCUT2D eigenvalue weighted by atomic mass is 16.5. The third-order valence-corrected chi connectivity index (χ3v) is 1.85. The van der Waals surface area contributed by atoms with Crippen molar-refractivity contribution in [2.45, 2.75) is 0 Å². The zero-order valence-corrected chi connectivity index (χ0v) is 7.07. The molecule has 0 aromatic carbocycles. The Morgan fingerprint density at radius 2 is 2.31 bits per heavy atom. The molecule has 66 valence electrons. The highest BCUT2D eigenvalue weighted by molar-refractivity contribution is 5.83. The summed E-state index contributed by atoms with van der Waals surface area (Å²) in [5.74, 6) is 0.663. The molecule has 2 rings (SSSR count). The maximum absolute atomic E-state index is 11.3. The Hall–Kier alpha value is -1.84. The number of nitrogens with zero attached hydrogens (tertiary/aromatic N) is 1. The van der Waals surface area contributed by atoms with Crippen molar-refractivity contribution in [3.63, 3.8) is 0 Å². The van der Waals surface area contributed by atoms with Gasteiger partial charge in [-0.2, -0.15) is 0 Å². The Morgan fingerprint density at radius 3 is 3.08 bits per heavy atom. The van der Waals surface area contributed by atoms with E-state index >= 15 is 0 Å². The Balaban J connectivity index is 2.92. The van der Waals surface area contributed by atoms with Gasteiger partial charge in [-0.25, -0.2) is 0 Å². The summed E-state index contributed by atoms with van der Waals surface area (Å²) < 4.78 is 5.09. The van der Waals surface area contributed by atoms with Crippen molar-refractivity contribution >= 4 is 10.9 Å². The molecule has 0 amide bonds. The lowest BCUT2D eigenvalue weighted by molar-refractivity contribution is 0.419. The van der Waals surface area contributed by atoms with Gasteiger partial charge < -0.3 is 9.72 Å². The normalized spacial score (nSPS) is 10.2. The van der Waals surface area contributed by atoms with Gasteiger partial charge in [-0.05, 0) is 12.1 Å². The minimum absolute atomic E-state index is 0.198. The van der Waals surface area contributed by atoms with Crippen molar-refractivity contribution in [1.82, 2.24) is 9.97 Å². The molecule has 0 unspecified atom stereocenters. The van der Waals surface area contributed by atoms with Crippen LogP contribution in [0.15, 0.2) is 29.3 Å². The largest absolute Gasteiger partial charge is 0.496 e. The molecule has 2 aromatic heterocycles. The van der Waals surface area contributed by atoms with Gasteiger partial charge in [0.15, 0.2) is 0 Å². The van der Waals surface area contributed by atoms with Crippen LogP contribution in [0.25, 0.3) is 10.9 Å². The molecular formula is C9H8N2O2. The summed E-state index contributed by atoms with van der Waals surface area (Å²) >= 11 is 0. The molecule has 0 spiro atoms. The second kappa shape index (κ2) is 2.90. The van der Waals surface area contributed by atoms with Crippen molar-refractivity contribution < 1.29 is 4.74 Å². The quantitative estimate of drug-likeness (QED) is 0.703. The van der Waals surface area contributed by atoms with E-state index in [1.807, 2.05) is 0 Å². The first-order chi connectivity index (χ1) is 6.33. The van der Waals surface area contributed by atoms with Gasteiger partial charge in [0.1, 0.15) is 11.3 Å². The molecule has 0 fully saturated rings. The van der Waals surface area contributed by atoms with Crippen LogP contribution in [0.1, 0.15) is 0 Å². The van der Waals surface area contributed by atoms with E-state index < -0.39 is 0 Å². The van der Waals surface area contributed by atoms with Crippen LogP contribution in [0, 0.1) is 0 Å². The molecule has 4 nitrogen and oxygen atoms in total. The van der Waals surface area contributed by atoms with Crippen molar-refractivity contribution in [3.05, 3.63) is 34.9 Å². The predicted octanol–water partition coefficient (Wildman–Crippen LogP) is 0.932. The fourth-order valence-electron chi connectivity index (χ4n) is 1.24. The Morgan fingerprint density at radius 1 is 1.46 bits per heavy atom. The van der Waals surface area contributed by atoms with E-state index in [-0.39, 0.29) is 5.56 Å². The lowest BCUT2D eigenvalue weighted by Gasteiger charge is -2.02. The summed E-state index contributed by atoms with van der Waals surface area (Å²) in [6.07, 6.45) is 3.13. The lowest BCUT2D eigenvalue weighted by atomic mass is 10.2. The van der Waals surface area contributed by atoms with Crippen LogP contribution < -0.4 is 10.3 Å². The first kappa shape index (κ1) is 7.79. The molecular weight excluding hydrogens is 168 g/mol. The van der Waals surface area contributed by atoms with Crippen LogP contribution in [0.5, 0.6) is 5.75 Å². The first-order valence-electron chi connectivity index (χ1n) is 3.83. The molecule has 13 heavy (non-hydrogen) atoms. The average Bonchev–Trinajstić information content (AvgIpc) is 2.18. The number of aromatic amines is 1. The van der Waals surface area contributed by atoms with Crippen LogP contribution in [0.3, 0.4) is 0 Å². The van der Waals surface area contributed by atoms with Crippen LogP contribution >= 0.6 is 0 Å². The second-order valence-corrected chi connectivity index (χ2v) is 2.58. The van der Waals surface area contributed by atoms with E-state index in [1.54, 1.807) is 31.6 Å². The number of hydrogen-bond acceptors (Lipinski definition) is 3. The van der Waals surface area contributed by atoms with Crippen molar-refractivity contribution in [2.24, 2.45) is 0 Å². The van der Waals surface area contributed by atoms with E-state index in [9.17, 15) is 4.79 Å². The molecule has 2 heterocycles. The minimum Gasteiger partial charge on any atom is -0.496 e. The Kier molecular flexibility index (Phi) is 1.73. The topological polar surface area (TPSA) is 55.0 Å². The lowest BCUT2D eigenvalue weighted by Crippen LogP contribution is -2.06. The summed E-state index contributed by atoms with van der Waals surface area (Å²) in [5, 5.41) is 0.730. The van der Waals surface area contributed by atoms with Crippen molar-refractivity contribution in [1.29, 1.82) is 0 Å². The van der Waals surface area contributed by atoms with Gasteiger partial charge in [0.05, 0.1) is 7.11 Å². The molecule has 0 aliphatic carbocycles. The zero-order valence-electron chi connectivity index (χ0n) is 7.07. The number of H-pyrrole nitrogens is 1. The molecule has 0 saturated heterocycles. The number of nitrogens with one attached hydrogen (secondary N) is 1. The molecule has 2 aromatic rings. The molecule has 1 N–H and O–H groups in total. The molecule has 0 bridgehead atoms. The number of methoxy groups -OCH3 is 1. The van der Waals surface area contributed by atoms with Gasteiger partial charge in [-0.15, -0.1) is 0 Å². The molecule has 4 heteroatoms. The maximum Gasteiger partial charge on any atom is 0.274 e. The average molecular weight is 176 g/mol. The number of ether oxygens (including phenoxy) is 1. The summed E-state index contributed by atoms with van der Waals surface area (Å²) in [6, 6.07) is 3.49. The van der Waals surface area contributed by atoms with Gasteiger partial charge >= 0.3 is 0 Å². The van der Waals surface area contributed by atoms with E-state index in [0.717, 1.165) is 5.39 Å². The van der Waals surface area contributed by atoms with Crippen molar-refractivity contribution in [2.75, 3.05) is 7.11 Å². The van der Waals surface area contributed by atoms with E-state index in [0.29, 0.717) is 11.3 Å². The van der Waals surface area contributed by atoms with Crippen molar-refractivity contribution in [3.8, 4) is 5.75 Å². The summed E-state index contributed by atoms with van der Waals surface area (Å²) in [4.78, 5) is 17.8. The van der Waals surface area contributed by atoms with Gasteiger partial charge in [-0.1, -0.05) is 0 Å². The van der Waals surface area contributed by atoms with Gasteiger partial charge in [0, 0.05) is 17.8 Å². The molecule has 0 aliphatic heterocycles. The highest BCUT2D eigenvalue weighted by Gasteiger charge is 2.03. The number of rotatable bonds is 1. The number of pyridine rings is 2. The minimum atomic E-state index is -0.198. The fraction of sp³-hybridized carbons (Fsp3) is 0.111. The van der Waals surface area contributed by atoms with Gasteiger partial charge in [0.2, 0.25) is 0 Å². The van der Waals surface area contributed by atoms with Gasteiger partial charge in [-0.3, -0.25) is 9.78 Å². The monoisotopic (exact) mass is 176 g/mol. The standard InChI is InChI=1S/C9H8N2O2/c1-13-7-3-5-10-8-6(7)2-4-11-9(8)12/h2-5H,1H3,(H,11,12). The van der Waals surface area contributed by atoms with Crippen LogP contribution in [0.2, 0.25) is 0 Å². The molecule has 0 atom stereocenters. The SMILES string of the molecule is COc1ccnc2c(=O)[nH]ccc12. The number of hydrogen-bond donors (Lipinski definition) is 1. The fourth-order valence-corrected chi connectivity index (χ4v) is 1.24. The molecule has 0 radical (unpaired) electrons. The third-order valence-electron chi connectivity index (χ3n) is 1.85. The molecule has 0 aliphatic rings. The van der Waals surface area contributed by atoms with E-state index in [4.69, 9.17) is 4.74 Å². The highest BCUT2D eigenvalue weighted by Crippen LogP contribution is 2.19. The van der Waals surface area contributed by atoms with Crippen LogP contribution in [0.4, 0.5) is 0 Å². The summed E-state index contributed by atoms with van der Waals surface area (Å²) in [5.41, 5.74) is 0.207. The Bertz CT molecular complexity index is 490. The third kappa shape index (κ3) is 1.16. The summed E-state index contributed by atoms with van der Waals surface area (Å²) in [6.45, 7) is 0. The summed E-state index contributed by atoms with van der Waals surface area (Å²) in [7, 11) is 1.57. The molecule has 0 saturated carbocycles. The maximum atomic E-state index is 11.3. The zero-order chi connectivity index (χ0) is 9.26. The van der Waals surface area contributed by atoms with Crippen LogP contribution in [-0.2, 0) is 0 Å². The second-order valence-electron chi connectivity index (χ2n) is 2.58. The van der Waals surface area contributed by atoms with E-state index in [1.165, 1.54) is 0 Å². The van der Waals surface area contributed by atoms with Gasteiger partial charge in [0.25, 0.3) is 5.56 Å².